The van der Waals surface area contributed by atoms with Crippen LogP contribution in [0, 0.1) is 5.92 Å². The van der Waals surface area contributed by atoms with E-state index in [0.29, 0.717) is 25.3 Å². The first-order chi connectivity index (χ1) is 7.63. The van der Waals surface area contributed by atoms with Crippen LogP contribution in [0.1, 0.15) is 39.5 Å². The molecule has 1 aliphatic rings. The number of likely N-dealkylation sites (tertiary alicyclic amines) is 1. The first-order valence-corrected chi connectivity index (χ1v) is 6.01. The summed E-state index contributed by atoms with van der Waals surface area (Å²) in [6.45, 7) is 4.73. The van der Waals surface area contributed by atoms with Crippen LogP contribution in [-0.4, -0.2) is 36.5 Å². The third-order valence-electron chi connectivity index (χ3n) is 3.17. The fraction of sp³-hybridized carbons (Fsp3) is 0.833. The van der Waals surface area contributed by atoms with Gasteiger partial charge in [0, 0.05) is 13.0 Å². The Hall–Kier alpha value is -1.06. The van der Waals surface area contributed by atoms with Crippen LogP contribution in [0.25, 0.3) is 0 Å². The topological polar surface area (TPSA) is 46.6 Å². The maximum Gasteiger partial charge on any atom is 0.328 e. The molecule has 0 bridgehead atoms. The molecule has 4 nitrogen and oxygen atoms in total. The summed E-state index contributed by atoms with van der Waals surface area (Å²) in [6.07, 6.45) is 3.35. The molecule has 1 fully saturated rings. The molecule has 4 heteroatoms. The minimum Gasteiger partial charge on any atom is -0.467 e. The van der Waals surface area contributed by atoms with Gasteiger partial charge in [0.05, 0.1) is 7.11 Å². The van der Waals surface area contributed by atoms with Gasteiger partial charge in [-0.05, 0) is 18.8 Å². The smallest absolute Gasteiger partial charge is 0.328 e. The molecule has 2 atom stereocenters. The molecular weight excluding hydrogens is 206 g/mol. The summed E-state index contributed by atoms with van der Waals surface area (Å²) < 4.78 is 4.73. The van der Waals surface area contributed by atoms with E-state index in [2.05, 4.69) is 6.92 Å². The Balaban J connectivity index is 2.65. The maximum atomic E-state index is 11.8. The van der Waals surface area contributed by atoms with Crippen molar-refractivity contribution in [2.45, 2.75) is 45.6 Å². The molecule has 0 saturated carbocycles. The van der Waals surface area contributed by atoms with Gasteiger partial charge < -0.3 is 9.64 Å². The largest absolute Gasteiger partial charge is 0.467 e. The van der Waals surface area contributed by atoms with E-state index in [1.807, 2.05) is 6.92 Å². The van der Waals surface area contributed by atoms with Crippen LogP contribution >= 0.6 is 0 Å². The van der Waals surface area contributed by atoms with Gasteiger partial charge in [0.25, 0.3) is 0 Å². The van der Waals surface area contributed by atoms with E-state index in [0.717, 1.165) is 12.8 Å². The summed E-state index contributed by atoms with van der Waals surface area (Å²) in [6, 6.07) is -0.389. The summed E-state index contributed by atoms with van der Waals surface area (Å²) in [5.74, 6) is 0.208. The van der Waals surface area contributed by atoms with Crippen LogP contribution in [0.5, 0.6) is 0 Å². The Morgan fingerprint density at radius 2 is 2.25 bits per heavy atom. The lowest BCUT2D eigenvalue weighted by Crippen LogP contribution is -2.42. The van der Waals surface area contributed by atoms with Crippen molar-refractivity contribution in [3.05, 3.63) is 0 Å². The number of rotatable bonds is 5. The summed E-state index contributed by atoms with van der Waals surface area (Å²) >= 11 is 0. The molecule has 1 amide bonds. The number of methoxy groups -OCH3 is 1. The highest BCUT2D eigenvalue weighted by Crippen LogP contribution is 2.25. The average Bonchev–Trinajstić information content (AvgIpc) is 2.61. The number of hydrogen-bond donors (Lipinski definition) is 0. The monoisotopic (exact) mass is 227 g/mol. The van der Waals surface area contributed by atoms with Crippen LogP contribution in [0.15, 0.2) is 0 Å². The first-order valence-electron chi connectivity index (χ1n) is 6.01. The molecule has 1 heterocycles. The van der Waals surface area contributed by atoms with E-state index < -0.39 is 0 Å². The van der Waals surface area contributed by atoms with E-state index in [-0.39, 0.29) is 17.9 Å². The van der Waals surface area contributed by atoms with Crippen LogP contribution in [0.2, 0.25) is 0 Å². The van der Waals surface area contributed by atoms with Crippen molar-refractivity contribution in [1.82, 2.24) is 4.90 Å². The Morgan fingerprint density at radius 1 is 1.56 bits per heavy atom. The van der Waals surface area contributed by atoms with Gasteiger partial charge in [0.2, 0.25) is 5.91 Å². The number of ether oxygens (including phenoxy) is 1. The van der Waals surface area contributed by atoms with Gasteiger partial charge in [0.1, 0.15) is 6.04 Å². The third kappa shape index (κ3) is 2.74. The van der Waals surface area contributed by atoms with Gasteiger partial charge in [-0.25, -0.2) is 4.79 Å². The van der Waals surface area contributed by atoms with Crippen molar-refractivity contribution < 1.29 is 14.3 Å². The average molecular weight is 227 g/mol. The maximum absolute atomic E-state index is 11.8. The van der Waals surface area contributed by atoms with Gasteiger partial charge in [-0.15, -0.1) is 0 Å². The van der Waals surface area contributed by atoms with Crippen LogP contribution in [-0.2, 0) is 14.3 Å². The van der Waals surface area contributed by atoms with Crippen molar-refractivity contribution in [2.75, 3.05) is 13.7 Å². The van der Waals surface area contributed by atoms with Crippen molar-refractivity contribution in [2.24, 2.45) is 5.92 Å². The number of carbonyl (C=O) groups is 2. The zero-order chi connectivity index (χ0) is 12.1. The zero-order valence-corrected chi connectivity index (χ0v) is 10.4. The van der Waals surface area contributed by atoms with Crippen molar-refractivity contribution >= 4 is 11.9 Å². The summed E-state index contributed by atoms with van der Waals surface area (Å²) in [5, 5.41) is 0. The highest BCUT2D eigenvalue weighted by molar-refractivity contribution is 5.86. The molecule has 0 aromatic carbocycles. The Labute approximate surface area is 96.9 Å². The fourth-order valence-corrected chi connectivity index (χ4v) is 2.36. The fourth-order valence-electron chi connectivity index (χ4n) is 2.36. The lowest BCUT2D eigenvalue weighted by atomic mass is 10.0. The highest BCUT2D eigenvalue weighted by Gasteiger charge is 2.36. The van der Waals surface area contributed by atoms with E-state index >= 15 is 0 Å². The molecule has 0 spiro atoms. The van der Waals surface area contributed by atoms with Crippen molar-refractivity contribution in [3.8, 4) is 0 Å². The molecule has 0 radical (unpaired) electrons. The predicted octanol–water partition coefficient (Wildman–Crippen LogP) is 1.59. The number of hydrogen-bond acceptors (Lipinski definition) is 3. The Morgan fingerprint density at radius 3 is 2.75 bits per heavy atom. The molecule has 92 valence electrons. The number of esters is 1. The zero-order valence-electron chi connectivity index (χ0n) is 10.4. The normalized spacial score (nSPS) is 22.3. The SMILES string of the molecule is CCC[C@H]1CC(=O)N(C(CC)C(=O)OC)C1. The van der Waals surface area contributed by atoms with E-state index in [4.69, 9.17) is 4.74 Å². The molecule has 0 aliphatic carbocycles. The van der Waals surface area contributed by atoms with Gasteiger partial charge >= 0.3 is 5.97 Å². The Bertz CT molecular complexity index is 265. The lowest BCUT2D eigenvalue weighted by Gasteiger charge is -2.24. The standard InChI is InChI=1S/C12H21NO3/c1-4-6-9-7-11(14)13(8-9)10(5-2)12(15)16-3/h9-10H,4-8H2,1-3H3/t9-,10?/m0/s1. The third-order valence-corrected chi connectivity index (χ3v) is 3.17. The second-order valence-electron chi connectivity index (χ2n) is 4.35. The number of nitrogens with zero attached hydrogens (tertiary/aromatic N) is 1. The second-order valence-corrected chi connectivity index (χ2v) is 4.35. The van der Waals surface area contributed by atoms with Crippen LogP contribution < -0.4 is 0 Å². The molecule has 0 N–H and O–H groups in total. The molecule has 0 aromatic heterocycles. The molecule has 1 unspecified atom stereocenters. The van der Waals surface area contributed by atoms with E-state index in [1.165, 1.54) is 7.11 Å². The summed E-state index contributed by atoms with van der Waals surface area (Å²) in [4.78, 5) is 25.0. The number of carbonyl (C=O) groups excluding carboxylic acids is 2. The van der Waals surface area contributed by atoms with Gasteiger partial charge in [0.15, 0.2) is 0 Å². The summed E-state index contributed by atoms with van der Waals surface area (Å²) in [7, 11) is 1.37. The lowest BCUT2D eigenvalue weighted by molar-refractivity contribution is -0.151. The van der Waals surface area contributed by atoms with E-state index in [9.17, 15) is 9.59 Å². The molecule has 0 aromatic rings. The van der Waals surface area contributed by atoms with Gasteiger partial charge in [-0.1, -0.05) is 20.3 Å². The van der Waals surface area contributed by atoms with E-state index in [1.54, 1.807) is 4.90 Å². The van der Waals surface area contributed by atoms with Gasteiger partial charge in [-0.3, -0.25) is 4.79 Å². The Kier molecular flexibility index (Phi) is 4.77. The van der Waals surface area contributed by atoms with Crippen molar-refractivity contribution in [1.29, 1.82) is 0 Å². The van der Waals surface area contributed by atoms with Crippen LogP contribution in [0.3, 0.4) is 0 Å². The predicted molar refractivity (Wildman–Crippen MR) is 60.8 cm³/mol. The number of amides is 1. The quantitative estimate of drug-likeness (QED) is 0.670. The molecule has 1 rings (SSSR count). The first kappa shape index (κ1) is 13.0. The van der Waals surface area contributed by atoms with Crippen molar-refractivity contribution in [3.63, 3.8) is 0 Å². The minimum atomic E-state index is -0.389. The summed E-state index contributed by atoms with van der Waals surface area (Å²) in [5.41, 5.74) is 0. The molecular formula is C12H21NO3. The second kappa shape index (κ2) is 5.87. The minimum absolute atomic E-state index is 0.0932. The molecule has 16 heavy (non-hydrogen) atoms. The molecule has 1 aliphatic heterocycles. The van der Waals surface area contributed by atoms with Crippen LogP contribution in [0.4, 0.5) is 0 Å². The molecule has 1 saturated heterocycles. The highest BCUT2D eigenvalue weighted by atomic mass is 16.5. The van der Waals surface area contributed by atoms with Gasteiger partial charge in [-0.2, -0.15) is 0 Å².